The first kappa shape index (κ1) is 13.4. The Morgan fingerprint density at radius 3 is 2.88 bits per heavy atom. The van der Waals surface area contributed by atoms with Gasteiger partial charge in [-0.1, -0.05) is 47.1 Å². The minimum Gasteiger partial charge on any atom is -0.271 e. The second-order valence-corrected chi connectivity index (χ2v) is 4.92. The van der Waals surface area contributed by atoms with Gasteiger partial charge in [0.25, 0.3) is 0 Å². The summed E-state index contributed by atoms with van der Waals surface area (Å²) >= 11 is 3.47. The number of nitrogens with two attached hydrogens (primary N) is 1. The molecule has 0 aliphatic heterocycles. The van der Waals surface area contributed by atoms with Gasteiger partial charge in [0.05, 0.1) is 0 Å². The SMILES string of the molecule is C=C(CC)CC(Cc1cccc(Br)c1)NN. The first-order valence-electron chi connectivity index (χ1n) is 5.53. The monoisotopic (exact) mass is 282 g/mol. The highest BCUT2D eigenvalue weighted by Crippen LogP contribution is 2.15. The van der Waals surface area contributed by atoms with Gasteiger partial charge in [-0.3, -0.25) is 11.3 Å². The van der Waals surface area contributed by atoms with Crippen LogP contribution in [0, 0.1) is 0 Å². The maximum atomic E-state index is 5.56. The van der Waals surface area contributed by atoms with Crippen molar-refractivity contribution < 1.29 is 0 Å². The minimum atomic E-state index is 0.266. The molecule has 1 aromatic rings. The van der Waals surface area contributed by atoms with Crippen molar-refractivity contribution in [1.29, 1.82) is 0 Å². The third kappa shape index (κ3) is 4.47. The van der Waals surface area contributed by atoms with Crippen LogP contribution >= 0.6 is 15.9 Å². The molecule has 88 valence electrons. The third-order valence-electron chi connectivity index (χ3n) is 2.64. The van der Waals surface area contributed by atoms with Crippen molar-refractivity contribution >= 4 is 15.9 Å². The van der Waals surface area contributed by atoms with Crippen molar-refractivity contribution in [2.75, 3.05) is 0 Å². The number of hydrazine groups is 1. The fraction of sp³-hybridized carbons (Fsp3) is 0.385. The number of hydrogen-bond donors (Lipinski definition) is 2. The van der Waals surface area contributed by atoms with Crippen LogP contribution in [0.5, 0.6) is 0 Å². The van der Waals surface area contributed by atoms with Crippen LogP contribution in [0.4, 0.5) is 0 Å². The first-order chi connectivity index (χ1) is 7.65. The lowest BCUT2D eigenvalue weighted by atomic mass is 9.99. The van der Waals surface area contributed by atoms with Crippen molar-refractivity contribution in [3.05, 3.63) is 46.5 Å². The van der Waals surface area contributed by atoms with Gasteiger partial charge in [-0.05, 0) is 37.0 Å². The van der Waals surface area contributed by atoms with Gasteiger partial charge in [0.15, 0.2) is 0 Å². The number of hydrogen-bond acceptors (Lipinski definition) is 2. The van der Waals surface area contributed by atoms with Crippen molar-refractivity contribution in [2.45, 2.75) is 32.2 Å². The van der Waals surface area contributed by atoms with Crippen molar-refractivity contribution in [2.24, 2.45) is 5.84 Å². The summed E-state index contributed by atoms with van der Waals surface area (Å²) in [6.45, 7) is 6.14. The maximum Gasteiger partial charge on any atom is 0.0287 e. The van der Waals surface area contributed by atoms with Gasteiger partial charge in [-0.25, -0.2) is 0 Å². The summed E-state index contributed by atoms with van der Waals surface area (Å²) in [6.07, 6.45) is 2.87. The van der Waals surface area contributed by atoms with Crippen LogP contribution in [-0.2, 0) is 6.42 Å². The van der Waals surface area contributed by atoms with Crippen LogP contribution in [-0.4, -0.2) is 6.04 Å². The van der Waals surface area contributed by atoms with Crippen LogP contribution in [0.3, 0.4) is 0 Å². The van der Waals surface area contributed by atoms with Crippen molar-refractivity contribution in [3.8, 4) is 0 Å². The van der Waals surface area contributed by atoms with Gasteiger partial charge in [0.2, 0.25) is 0 Å². The van der Waals surface area contributed by atoms with E-state index < -0.39 is 0 Å². The summed E-state index contributed by atoms with van der Waals surface area (Å²) in [7, 11) is 0. The highest BCUT2D eigenvalue weighted by Gasteiger charge is 2.08. The average Bonchev–Trinajstić information content (AvgIpc) is 2.28. The van der Waals surface area contributed by atoms with E-state index in [-0.39, 0.29) is 6.04 Å². The average molecular weight is 283 g/mol. The fourth-order valence-corrected chi connectivity index (χ4v) is 2.08. The molecule has 1 rings (SSSR count). The molecule has 0 aromatic heterocycles. The predicted octanol–water partition coefficient (Wildman–Crippen LogP) is 3.18. The zero-order valence-electron chi connectivity index (χ0n) is 9.67. The zero-order valence-corrected chi connectivity index (χ0v) is 11.3. The topological polar surface area (TPSA) is 38.0 Å². The fourth-order valence-electron chi connectivity index (χ4n) is 1.63. The summed E-state index contributed by atoms with van der Waals surface area (Å²) in [6, 6.07) is 8.57. The van der Waals surface area contributed by atoms with Gasteiger partial charge in [0.1, 0.15) is 0 Å². The Labute approximate surface area is 106 Å². The molecule has 0 radical (unpaired) electrons. The van der Waals surface area contributed by atoms with E-state index in [0.717, 1.165) is 23.7 Å². The van der Waals surface area contributed by atoms with Crippen LogP contribution < -0.4 is 11.3 Å². The lowest BCUT2D eigenvalue weighted by Gasteiger charge is -2.16. The molecule has 0 aliphatic rings. The van der Waals surface area contributed by atoms with E-state index in [1.54, 1.807) is 0 Å². The van der Waals surface area contributed by atoms with Crippen molar-refractivity contribution in [3.63, 3.8) is 0 Å². The number of rotatable bonds is 6. The standard InChI is InChI=1S/C13H19BrN2/c1-3-10(2)7-13(16-15)9-11-5-4-6-12(14)8-11/h4-6,8,13,16H,2-3,7,9,15H2,1H3. The molecule has 3 heteroatoms. The Balaban J connectivity index is 2.59. The van der Waals surface area contributed by atoms with Crippen LogP contribution in [0.2, 0.25) is 0 Å². The molecule has 0 fully saturated rings. The van der Waals surface area contributed by atoms with E-state index in [2.05, 4.69) is 47.0 Å². The zero-order chi connectivity index (χ0) is 12.0. The van der Waals surface area contributed by atoms with E-state index in [9.17, 15) is 0 Å². The Kier molecular flexibility index (Phi) is 5.74. The van der Waals surface area contributed by atoms with Gasteiger partial charge in [-0.15, -0.1) is 0 Å². The van der Waals surface area contributed by atoms with E-state index in [4.69, 9.17) is 5.84 Å². The molecule has 1 aromatic carbocycles. The van der Waals surface area contributed by atoms with Gasteiger partial charge in [0, 0.05) is 10.5 Å². The van der Waals surface area contributed by atoms with E-state index >= 15 is 0 Å². The molecule has 0 heterocycles. The molecule has 2 nitrogen and oxygen atoms in total. The molecule has 16 heavy (non-hydrogen) atoms. The quantitative estimate of drug-likeness (QED) is 0.478. The molecular weight excluding hydrogens is 264 g/mol. The Morgan fingerprint density at radius 1 is 1.56 bits per heavy atom. The summed E-state index contributed by atoms with van der Waals surface area (Å²) in [5.41, 5.74) is 5.37. The first-order valence-corrected chi connectivity index (χ1v) is 6.32. The molecule has 0 aliphatic carbocycles. The molecular formula is C13H19BrN2. The lowest BCUT2D eigenvalue weighted by molar-refractivity contribution is 0.516. The largest absolute Gasteiger partial charge is 0.271 e. The smallest absolute Gasteiger partial charge is 0.0287 e. The second kappa shape index (κ2) is 6.84. The normalized spacial score (nSPS) is 12.4. The van der Waals surface area contributed by atoms with Crippen LogP contribution in [0.1, 0.15) is 25.3 Å². The molecule has 1 unspecified atom stereocenters. The van der Waals surface area contributed by atoms with E-state index in [1.165, 1.54) is 11.1 Å². The molecule has 0 spiro atoms. The summed E-state index contributed by atoms with van der Waals surface area (Å²) in [4.78, 5) is 0. The van der Waals surface area contributed by atoms with Crippen LogP contribution in [0.25, 0.3) is 0 Å². The van der Waals surface area contributed by atoms with Crippen molar-refractivity contribution in [1.82, 2.24) is 5.43 Å². The molecule has 0 saturated carbocycles. The molecule has 0 bridgehead atoms. The number of halogens is 1. The molecule has 1 atom stereocenters. The predicted molar refractivity (Wildman–Crippen MR) is 73.0 cm³/mol. The lowest BCUT2D eigenvalue weighted by Crippen LogP contribution is -2.37. The third-order valence-corrected chi connectivity index (χ3v) is 3.14. The van der Waals surface area contributed by atoms with Gasteiger partial charge in [-0.2, -0.15) is 0 Å². The number of benzene rings is 1. The Hall–Kier alpha value is -0.640. The maximum absolute atomic E-state index is 5.56. The molecule has 0 saturated heterocycles. The van der Waals surface area contributed by atoms with E-state index in [0.29, 0.717) is 0 Å². The van der Waals surface area contributed by atoms with Crippen LogP contribution in [0.15, 0.2) is 40.9 Å². The highest BCUT2D eigenvalue weighted by molar-refractivity contribution is 9.10. The summed E-state index contributed by atoms with van der Waals surface area (Å²) in [5.74, 6) is 5.56. The molecule has 0 amide bonds. The number of nitrogens with one attached hydrogen (secondary N) is 1. The van der Waals surface area contributed by atoms with Gasteiger partial charge >= 0.3 is 0 Å². The van der Waals surface area contributed by atoms with E-state index in [1.807, 2.05) is 12.1 Å². The Morgan fingerprint density at radius 2 is 2.31 bits per heavy atom. The second-order valence-electron chi connectivity index (χ2n) is 4.01. The highest BCUT2D eigenvalue weighted by atomic mass is 79.9. The van der Waals surface area contributed by atoms with Gasteiger partial charge < -0.3 is 0 Å². The summed E-state index contributed by atoms with van der Waals surface area (Å²) < 4.78 is 1.11. The molecule has 3 N–H and O–H groups in total. The minimum absolute atomic E-state index is 0.266. The Bertz CT molecular complexity index is 350. The summed E-state index contributed by atoms with van der Waals surface area (Å²) in [5, 5.41) is 0.